The van der Waals surface area contributed by atoms with E-state index in [0.717, 1.165) is 5.56 Å². The average Bonchev–Trinajstić information content (AvgIpc) is 2.34. The number of carbonyl (C=O) groups excluding carboxylic acids is 2. The van der Waals surface area contributed by atoms with Gasteiger partial charge in [-0.05, 0) is 17.2 Å². The zero-order valence-electron chi connectivity index (χ0n) is 9.48. The van der Waals surface area contributed by atoms with Gasteiger partial charge in [0.05, 0.1) is 13.0 Å². The summed E-state index contributed by atoms with van der Waals surface area (Å²) in [7, 11) is 0. The number of rotatable bonds is 3. The Kier molecular flexibility index (Phi) is 3.06. The molecule has 1 aromatic carbocycles. The Morgan fingerprint density at radius 3 is 2.76 bits per heavy atom. The number of benzene rings is 1. The van der Waals surface area contributed by atoms with Crippen molar-refractivity contribution < 1.29 is 9.59 Å². The highest BCUT2D eigenvalue weighted by atomic mass is 16.2. The quantitative estimate of drug-likeness (QED) is 0.615. The molecule has 0 aliphatic carbocycles. The van der Waals surface area contributed by atoms with E-state index in [-0.39, 0.29) is 31.3 Å². The predicted octanol–water partition coefficient (Wildman–Crippen LogP) is 0.726. The molecule has 0 fully saturated rings. The summed E-state index contributed by atoms with van der Waals surface area (Å²) in [6.45, 7) is 4.21. The first-order chi connectivity index (χ1) is 8.13. The van der Waals surface area contributed by atoms with Gasteiger partial charge in [-0.1, -0.05) is 24.8 Å². The van der Waals surface area contributed by atoms with Crippen molar-refractivity contribution in [2.45, 2.75) is 6.42 Å². The van der Waals surface area contributed by atoms with Crippen molar-refractivity contribution in [2.75, 3.05) is 13.1 Å². The summed E-state index contributed by atoms with van der Waals surface area (Å²) in [4.78, 5) is 25.2. The third-order valence-corrected chi connectivity index (χ3v) is 2.81. The lowest BCUT2D eigenvalue weighted by Gasteiger charge is -2.27. The first-order valence-corrected chi connectivity index (χ1v) is 5.43. The van der Waals surface area contributed by atoms with Gasteiger partial charge >= 0.3 is 0 Å². The maximum atomic E-state index is 12.1. The monoisotopic (exact) mass is 230 g/mol. The Hall–Kier alpha value is -1.94. The minimum atomic E-state index is -0.258. The number of carbonyl (C=O) groups is 2. The minimum absolute atomic E-state index is 0.191. The summed E-state index contributed by atoms with van der Waals surface area (Å²) in [6.07, 6.45) is 0.264. The molecule has 2 rings (SSSR count). The molecule has 0 atom stereocenters. The van der Waals surface area contributed by atoms with Crippen LogP contribution in [0, 0.1) is 0 Å². The summed E-state index contributed by atoms with van der Waals surface area (Å²) < 4.78 is 0. The number of amides is 2. The van der Waals surface area contributed by atoms with Gasteiger partial charge < -0.3 is 5.73 Å². The molecule has 0 aromatic heterocycles. The molecule has 17 heavy (non-hydrogen) atoms. The van der Waals surface area contributed by atoms with Crippen LogP contribution in [0.25, 0.3) is 0 Å². The largest absolute Gasteiger partial charge is 0.327 e. The van der Waals surface area contributed by atoms with Gasteiger partial charge in [-0.15, -0.1) is 0 Å². The summed E-state index contributed by atoms with van der Waals surface area (Å²) in [5, 5.41) is 0. The number of hydrogen-bond acceptors (Lipinski definition) is 3. The predicted molar refractivity (Wildman–Crippen MR) is 64.4 cm³/mol. The smallest absolute Gasteiger partial charge is 0.261 e. The van der Waals surface area contributed by atoms with Crippen LogP contribution in [0.2, 0.25) is 0 Å². The molecule has 0 unspecified atom stereocenters. The number of hydrogen-bond donors (Lipinski definition) is 1. The number of nitrogens with zero attached hydrogens (tertiary/aromatic N) is 1. The van der Waals surface area contributed by atoms with E-state index in [4.69, 9.17) is 5.73 Å². The van der Waals surface area contributed by atoms with Crippen molar-refractivity contribution >= 4 is 11.8 Å². The molecule has 0 saturated heterocycles. The second-order valence-electron chi connectivity index (χ2n) is 4.07. The van der Waals surface area contributed by atoms with E-state index in [1.165, 1.54) is 4.90 Å². The third kappa shape index (κ3) is 2.12. The highest BCUT2D eigenvalue weighted by molar-refractivity contribution is 6.09. The van der Waals surface area contributed by atoms with E-state index in [1.807, 2.05) is 6.07 Å². The zero-order valence-corrected chi connectivity index (χ0v) is 9.48. The van der Waals surface area contributed by atoms with Crippen molar-refractivity contribution in [1.29, 1.82) is 0 Å². The normalized spacial score (nSPS) is 14.8. The summed E-state index contributed by atoms with van der Waals surface area (Å²) in [6, 6.07) is 7.17. The highest BCUT2D eigenvalue weighted by Crippen LogP contribution is 2.19. The Balaban J connectivity index is 2.30. The van der Waals surface area contributed by atoms with Crippen molar-refractivity contribution in [1.82, 2.24) is 4.90 Å². The maximum Gasteiger partial charge on any atom is 0.261 e. The van der Waals surface area contributed by atoms with Crippen LogP contribution in [0.4, 0.5) is 0 Å². The molecule has 1 aromatic rings. The van der Waals surface area contributed by atoms with Crippen molar-refractivity contribution in [3.8, 4) is 0 Å². The van der Waals surface area contributed by atoms with E-state index in [2.05, 4.69) is 6.58 Å². The van der Waals surface area contributed by atoms with Crippen molar-refractivity contribution in [3.05, 3.63) is 47.5 Å². The molecule has 1 heterocycles. The molecular weight excluding hydrogens is 216 g/mol. The number of nitrogens with two attached hydrogens (primary N) is 1. The van der Waals surface area contributed by atoms with Crippen LogP contribution >= 0.6 is 0 Å². The molecule has 4 nitrogen and oxygen atoms in total. The molecule has 2 amide bonds. The fraction of sp³-hybridized carbons (Fsp3) is 0.231. The Morgan fingerprint density at radius 1 is 1.35 bits per heavy atom. The lowest BCUT2D eigenvalue weighted by Crippen LogP contribution is -2.43. The molecule has 1 aliphatic rings. The minimum Gasteiger partial charge on any atom is -0.327 e. The van der Waals surface area contributed by atoms with Gasteiger partial charge in [0.25, 0.3) is 5.91 Å². The first-order valence-electron chi connectivity index (χ1n) is 5.43. The molecule has 2 N–H and O–H groups in total. The van der Waals surface area contributed by atoms with Crippen LogP contribution in [-0.2, 0) is 11.2 Å². The highest BCUT2D eigenvalue weighted by Gasteiger charge is 2.30. The van der Waals surface area contributed by atoms with Crippen molar-refractivity contribution in [2.24, 2.45) is 5.73 Å². The summed E-state index contributed by atoms with van der Waals surface area (Å²) in [5.41, 5.74) is 7.48. The topological polar surface area (TPSA) is 63.4 Å². The molecule has 1 aliphatic heterocycles. The van der Waals surface area contributed by atoms with Gasteiger partial charge in [0.15, 0.2) is 0 Å². The van der Waals surface area contributed by atoms with Gasteiger partial charge in [-0.2, -0.15) is 0 Å². The van der Waals surface area contributed by atoms with Crippen LogP contribution in [0.3, 0.4) is 0 Å². The molecule has 0 radical (unpaired) electrons. The van der Waals surface area contributed by atoms with Crippen LogP contribution in [-0.4, -0.2) is 29.8 Å². The fourth-order valence-corrected chi connectivity index (χ4v) is 1.85. The summed E-state index contributed by atoms with van der Waals surface area (Å²) >= 11 is 0. The van der Waals surface area contributed by atoms with Crippen molar-refractivity contribution in [3.63, 3.8) is 0 Å². The molecule has 4 heteroatoms. The first kappa shape index (κ1) is 11.5. The lowest BCUT2D eigenvalue weighted by atomic mass is 9.98. The fourth-order valence-electron chi connectivity index (χ4n) is 1.85. The zero-order chi connectivity index (χ0) is 12.4. The van der Waals surface area contributed by atoms with Gasteiger partial charge in [0.1, 0.15) is 0 Å². The Bertz CT molecular complexity index is 494. The molecule has 0 bridgehead atoms. The molecule has 0 saturated carbocycles. The Labute approximate surface area is 99.7 Å². The van der Waals surface area contributed by atoms with E-state index >= 15 is 0 Å². The molecule has 0 spiro atoms. The van der Waals surface area contributed by atoms with Gasteiger partial charge in [0, 0.05) is 12.1 Å². The van der Waals surface area contributed by atoms with Gasteiger partial charge in [-0.3, -0.25) is 14.5 Å². The number of imide groups is 1. The van der Waals surface area contributed by atoms with Crippen LogP contribution < -0.4 is 5.73 Å². The van der Waals surface area contributed by atoms with E-state index < -0.39 is 0 Å². The standard InChI is InChI=1S/C13H14N2O2/c1-9(7-14)8-15-12(16)6-10-4-2-3-5-11(10)13(15)17/h2-5H,1,6-8,14H2. The Morgan fingerprint density at radius 2 is 2.06 bits per heavy atom. The van der Waals surface area contributed by atoms with Gasteiger partial charge in [0.2, 0.25) is 5.91 Å². The van der Waals surface area contributed by atoms with E-state index in [0.29, 0.717) is 11.1 Å². The molecular formula is C13H14N2O2. The SMILES string of the molecule is C=C(CN)CN1C(=O)Cc2ccccc2C1=O. The average molecular weight is 230 g/mol. The van der Waals surface area contributed by atoms with Gasteiger partial charge in [-0.25, -0.2) is 0 Å². The van der Waals surface area contributed by atoms with Crippen LogP contribution in [0.15, 0.2) is 36.4 Å². The lowest BCUT2D eigenvalue weighted by molar-refractivity contribution is -0.128. The van der Waals surface area contributed by atoms with E-state index in [9.17, 15) is 9.59 Å². The van der Waals surface area contributed by atoms with E-state index in [1.54, 1.807) is 18.2 Å². The number of fused-ring (bicyclic) bond motifs is 1. The second kappa shape index (κ2) is 4.51. The van der Waals surface area contributed by atoms with Crippen LogP contribution in [0.1, 0.15) is 15.9 Å². The summed E-state index contributed by atoms with van der Waals surface area (Å²) in [5.74, 6) is -0.449. The maximum absolute atomic E-state index is 12.1. The van der Waals surface area contributed by atoms with Crippen LogP contribution in [0.5, 0.6) is 0 Å². The third-order valence-electron chi connectivity index (χ3n) is 2.81. The molecule has 88 valence electrons. The second-order valence-corrected chi connectivity index (χ2v) is 4.07.